The number of hydrogen-bond donors (Lipinski definition) is 1. The van der Waals surface area contributed by atoms with Gasteiger partial charge in [-0.15, -0.1) is 0 Å². The number of amides is 1. The number of nitrogens with one attached hydrogen (secondary N) is 1. The molecule has 0 saturated carbocycles. The lowest BCUT2D eigenvalue weighted by molar-refractivity contribution is -0.121. The van der Waals surface area contributed by atoms with Crippen LogP contribution < -0.4 is 9.62 Å². The van der Waals surface area contributed by atoms with Gasteiger partial charge in [0.15, 0.2) is 0 Å². The number of anilines is 1. The second kappa shape index (κ2) is 7.63. The molecular formula is C16H27N5O4S. The zero-order valence-corrected chi connectivity index (χ0v) is 16.3. The Balaban J connectivity index is 1.75. The quantitative estimate of drug-likeness (QED) is 0.788. The summed E-state index contributed by atoms with van der Waals surface area (Å²) in [4.78, 5) is 14.5. The van der Waals surface area contributed by atoms with E-state index in [9.17, 15) is 13.2 Å². The fourth-order valence-corrected chi connectivity index (χ4v) is 5.12. The molecule has 0 unspecified atom stereocenters. The van der Waals surface area contributed by atoms with Crippen molar-refractivity contribution < 1.29 is 17.9 Å². The van der Waals surface area contributed by atoms with Crippen LogP contribution in [0.1, 0.15) is 33.6 Å². The molecule has 2 aliphatic rings. The average Bonchev–Trinajstić information content (AvgIpc) is 3.07. The van der Waals surface area contributed by atoms with Gasteiger partial charge in [-0.25, -0.2) is 4.68 Å². The minimum Gasteiger partial charge on any atom is -0.375 e. The van der Waals surface area contributed by atoms with Crippen molar-refractivity contribution in [3.63, 3.8) is 0 Å². The van der Waals surface area contributed by atoms with Gasteiger partial charge in [0.2, 0.25) is 5.91 Å². The van der Waals surface area contributed by atoms with Crippen LogP contribution in [-0.2, 0) is 26.3 Å². The molecule has 1 amide bonds. The summed E-state index contributed by atoms with van der Waals surface area (Å²) in [5, 5.41) is 4.20. The Kier molecular flexibility index (Phi) is 5.66. The molecule has 3 rings (SSSR count). The Morgan fingerprint density at radius 1 is 1.38 bits per heavy atom. The standard InChI is InChI=1S/C16H27N5O4S/c1-4-20-15(7-8-17-20)19-9-5-6-14(16(19)22)18-26(23,24)21-10-13(3)25-11-12(21)2/h7-8,12-14,18H,4-6,9-11H2,1-3H3/t12-,13+,14+/m1/s1. The molecular weight excluding hydrogens is 358 g/mol. The Labute approximate surface area is 154 Å². The highest BCUT2D eigenvalue weighted by Crippen LogP contribution is 2.22. The number of carbonyl (C=O) groups is 1. The van der Waals surface area contributed by atoms with Crippen LogP contribution in [0.5, 0.6) is 0 Å². The predicted molar refractivity (Wildman–Crippen MR) is 96.9 cm³/mol. The Morgan fingerprint density at radius 3 is 2.88 bits per heavy atom. The van der Waals surface area contributed by atoms with E-state index in [-0.39, 0.29) is 24.6 Å². The van der Waals surface area contributed by atoms with Crippen molar-refractivity contribution in [2.24, 2.45) is 0 Å². The van der Waals surface area contributed by atoms with Gasteiger partial charge in [0.1, 0.15) is 11.9 Å². The van der Waals surface area contributed by atoms with E-state index in [1.54, 1.807) is 28.8 Å². The van der Waals surface area contributed by atoms with Crippen LogP contribution >= 0.6 is 0 Å². The maximum atomic E-state index is 12.9. The molecule has 0 aliphatic carbocycles. The number of ether oxygens (including phenoxy) is 1. The summed E-state index contributed by atoms with van der Waals surface area (Å²) >= 11 is 0. The van der Waals surface area contributed by atoms with Crippen molar-refractivity contribution in [1.29, 1.82) is 0 Å². The summed E-state index contributed by atoms with van der Waals surface area (Å²) in [5.74, 6) is 0.471. The van der Waals surface area contributed by atoms with Gasteiger partial charge >= 0.3 is 0 Å². The van der Waals surface area contributed by atoms with Gasteiger partial charge in [-0.1, -0.05) is 0 Å². The Hall–Kier alpha value is -1.49. The van der Waals surface area contributed by atoms with Crippen molar-refractivity contribution in [2.45, 2.75) is 58.3 Å². The highest BCUT2D eigenvalue weighted by molar-refractivity contribution is 7.87. The second-order valence-corrected chi connectivity index (χ2v) is 8.53. The summed E-state index contributed by atoms with van der Waals surface area (Å²) in [6.07, 6.45) is 2.70. The number of aryl methyl sites for hydroxylation is 1. The first-order valence-corrected chi connectivity index (χ1v) is 10.5. The van der Waals surface area contributed by atoms with E-state index in [1.165, 1.54) is 4.31 Å². The number of nitrogens with zero attached hydrogens (tertiary/aromatic N) is 4. The molecule has 26 heavy (non-hydrogen) atoms. The van der Waals surface area contributed by atoms with Crippen molar-refractivity contribution in [1.82, 2.24) is 18.8 Å². The lowest BCUT2D eigenvalue weighted by Crippen LogP contribution is -2.59. The van der Waals surface area contributed by atoms with Gasteiger partial charge in [0.25, 0.3) is 10.2 Å². The van der Waals surface area contributed by atoms with Gasteiger partial charge < -0.3 is 4.74 Å². The number of aromatic nitrogens is 2. The third kappa shape index (κ3) is 3.78. The van der Waals surface area contributed by atoms with Crippen molar-refractivity contribution in [3.05, 3.63) is 12.3 Å². The maximum Gasteiger partial charge on any atom is 0.280 e. The van der Waals surface area contributed by atoms with E-state index in [0.717, 1.165) is 6.42 Å². The zero-order valence-electron chi connectivity index (χ0n) is 15.5. The Morgan fingerprint density at radius 2 is 2.15 bits per heavy atom. The van der Waals surface area contributed by atoms with Gasteiger partial charge in [-0.2, -0.15) is 22.5 Å². The molecule has 0 spiro atoms. The van der Waals surface area contributed by atoms with Crippen LogP contribution in [0, 0.1) is 0 Å². The first-order chi connectivity index (χ1) is 12.3. The van der Waals surface area contributed by atoms with Crippen molar-refractivity contribution >= 4 is 21.9 Å². The minimum atomic E-state index is -3.77. The van der Waals surface area contributed by atoms with Gasteiger partial charge in [0.05, 0.1) is 18.9 Å². The monoisotopic (exact) mass is 385 g/mol. The fraction of sp³-hybridized carbons (Fsp3) is 0.750. The van der Waals surface area contributed by atoms with Crippen LogP contribution in [0.4, 0.5) is 5.82 Å². The largest absolute Gasteiger partial charge is 0.375 e. The van der Waals surface area contributed by atoms with Crippen molar-refractivity contribution in [3.8, 4) is 0 Å². The summed E-state index contributed by atoms with van der Waals surface area (Å²) in [6, 6.07) is 0.753. The van der Waals surface area contributed by atoms with E-state index >= 15 is 0 Å². The number of carbonyl (C=O) groups excluding carboxylic acids is 1. The zero-order chi connectivity index (χ0) is 18.9. The highest BCUT2D eigenvalue weighted by Gasteiger charge is 2.38. The molecule has 2 saturated heterocycles. The van der Waals surface area contributed by atoms with E-state index in [2.05, 4.69) is 9.82 Å². The molecule has 146 valence electrons. The number of hydrogen-bond acceptors (Lipinski definition) is 5. The smallest absolute Gasteiger partial charge is 0.280 e. The SMILES string of the molecule is CCn1nccc1N1CCC[C@H](NS(=O)(=O)N2C[C@H](C)OC[C@H]2C)C1=O. The normalized spacial score (nSPS) is 28.5. The van der Waals surface area contributed by atoms with Crippen LogP contribution in [0.3, 0.4) is 0 Å². The fourth-order valence-electron chi connectivity index (χ4n) is 3.47. The summed E-state index contributed by atoms with van der Waals surface area (Å²) in [6.45, 7) is 7.44. The summed E-state index contributed by atoms with van der Waals surface area (Å²) in [7, 11) is -3.77. The topological polar surface area (TPSA) is 96.8 Å². The molecule has 2 fully saturated rings. The molecule has 3 atom stereocenters. The van der Waals surface area contributed by atoms with Crippen molar-refractivity contribution in [2.75, 3.05) is 24.6 Å². The predicted octanol–water partition coefficient (Wildman–Crippen LogP) is 0.342. The molecule has 3 heterocycles. The molecule has 1 N–H and O–H groups in total. The van der Waals surface area contributed by atoms with Gasteiger partial charge in [0, 0.05) is 31.7 Å². The first-order valence-electron chi connectivity index (χ1n) is 9.07. The third-order valence-corrected chi connectivity index (χ3v) is 6.57. The lowest BCUT2D eigenvalue weighted by atomic mass is 10.1. The first kappa shape index (κ1) is 19.3. The third-order valence-electron chi connectivity index (χ3n) is 4.86. The molecule has 9 nitrogen and oxygen atoms in total. The van der Waals surface area contributed by atoms with Crippen LogP contribution in [0.2, 0.25) is 0 Å². The van der Waals surface area contributed by atoms with Gasteiger partial charge in [-0.05, 0) is 33.6 Å². The minimum absolute atomic E-state index is 0.166. The van der Waals surface area contributed by atoms with Gasteiger partial charge in [-0.3, -0.25) is 9.69 Å². The highest BCUT2D eigenvalue weighted by atomic mass is 32.2. The summed E-state index contributed by atoms with van der Waals surface area (Å²) in [5.41, 5.74) is 0. The number of morpholine rings is 1. The average molecular weight is 385 g/mol. The van der Waals surface area contributed by atoms with Crippen LogP contribution in [0.15, 0.2) is 12.3 Å². The number of rotatable bonds is 5. The second-order valence-electron chi connectivity index (χ2n) is 6.88. The molecule has 2 aliphatic heterocycles. The molecule has 1 aromatic rings. The summed E-state index contributed by atoms with van der Waals surface area (Å²) < 4.78 is 36.9. The molecule has 10 heteroatoms. The molecule has 0 bridgehead atoms. The molecule has 1 aromatic heterocycles. The van der Waals surface area contributed by atoms with E-state index in [1.807, 2.05) is 13.8 Å². The Bertz CT molecular complexity index is 750. The van der Waals surface area contributed by atoms with Crippen LogP contribution in [-0.4, -0.2) is 66.3 Å². The van der Waals surface area contributed by atoms with Crippen LogP contribution in [0.25, 0.3) is 0 Å². The van der Waals surface area contributed by atoms with E-state index < -0.39 is 16.3 Å². The van der Waals surface area contributed by atoms with E-state index in [0.29, 0.717) is 31.9 Å². The van der Waals surface area contributed by atoms with E-state index in [4.69, 9.17) is 4.74 Å². The lowest BCUT2D eigenvalue weighted by Gasteiger charge is -2.38. The maximum absolute atomic E-state index is 12.9. The molecule has 0 aromatic carbocycles. The molecule has 0 radical (unpaired) electrons. The number of piperidine rings is 1.